The lowest BCUT2D eigenvalue weighted by atomic mass is 9.83. The average Bonchev–Trinajstić information content (AvgIpc) is 3.33. The Morgan fingerprint density at radius 3 is 3.04 bits per heavy atom. The number of amides is 2. The van der Waals surface area contributed by atoms with Crippen molar-refractivity contribution >= 4 is 23.2 Å². The molecule has 0 saturated carbocycles. The number of likely N-dealkylation sites (tertiary alicyclic amines) is 2. The van der Waals surface area contributed by atoms with Crippen LogP contribution in [0.1, 0.15) is 34.7 Å². The van der Waals surface area contributed by atoms with Crippen molar-refractivity contribution < 1.29 is 14.1 Å². The van der Waals surface area contributed by atoms with Gasteiger partial charge in [0.15, 0.2) is 0 Å². The van der Waals surface area contributed by atoms with Crippen molar-refractivity contribution in [3.63, 3.8) is 0 Å². The molecule has 0 aliphatic carbocycles. The Hall–Kier alpha value is -2.15. The Balaban J connectivity index is 1.41. The standard InChI is InChI=1S/C18H21N3O3S/c22-17-4-3-13-12-20(18(23)16-5-8-19-24-16)9-7-15(13)21(17)10-6-14-2-1-11-25-14/h1-2,5,8,11,13,15H,3-4,6-7,9-10,12H2/t13-,15+/m0/s1. The fourth-order valence-corrected chi connectivity index (χ4v) is 4.69. The monoisotopic (exact) mass is 359 g/mol. The zero-order valence-electron chi connectivity index (χ0n) is 14.0. The predicted molar refractivity (Wildman–Crippen MR) is 93.3 cm³/mol. The summed E-state index contributed by atoms with van der Waals surface area (Å²) >= 11 is 1.74. The minimum absolute atomic E-state index is 0.0991. The molecule has 132 valence electrons. The van der Waals surface area contributed by atoms with Crippen molar-refractivity contribution in [2.75, 3.05) is 19.6 Å². The zero-order chi connectivity index (χ0) is 17.2. The second kappa shape index (κ2) is 7.00. The van der Waals surface area contributed by atoms with Gasteiger partial charge in [-0.05, 0) is 36.6 Å². The maximum Gasteiger partial charge on any atom is 0.292 e. The van der Waals surface area contributed by atoms with Gasteiger partial charge in [-0.15, -0.1) is 11.3 Å². The summed E-state index contributed by atoms with van der Waals surface area (Å²) in [5.74, 6) is 0.798. The first kappa shape index (κ1) is 16.3. The lowest BCUT2D eigenvalue weighted by Gasteiger charge is -2.47. The van der Waals surface area contributed by atoms with E-state index in [-0.39, 0.29) is 17.9 Å². The molecule has 25 heavy (non-hydrogen) atoms. The van der Waals surface area contributed by atoms with Gasteiger partial charge in [-0.25, -0.2) is 0 Å². The summed E-state index contributed by atoms with van der Waals surface area (Å²) < 4.78 is 5.00. The number of carbonyl (C=O) groups is 2. The van der Waals surface area contributed by atoms with E-state index >= 15 is 0 Å². The summed E-state index contributed by atoms with van der Waals surface area (Å²) in [5.41, 5.74) is 0. The molecule has 2 atom stereocenters. The number of thiophene rings is 1. The Morgan fingerprint density at radius 1 is 1.36 bits per heavy atom. The summed E-state index contributed by atoms with van der Waals surface area (Å²) in [4.78, 5) is 30.1. The molecule has 2 aliphatic rings. The first-order valence-corrected chi connectivity index (χ1v) is 9.62. The van der Waals surface area contributed by atoms with Crippen molar-refractivity contribution in [3.8, 4) is 0 Å². The highest BCUT2D eigenvalue weighted by molar-refractivity contribution is 7.09. The van der Waals surface area contributed by atoms with Crippen LogP contribution in [0.25, 0.3) is 0 Å². The number of hydrogen-bond donors (Lipinski definition) is 0. The van der Waals surface area contributed by atoms with Crippen molar-refractivity contribution in [1.29, 1.82) is 0 Å². The summed E-state index contributed by atoms with van der Waals surface area (Å²) in [6.07, 6.45) is 4.68. The quantitative estimate of drug-likeness (QED) is 0.841. The fourth-order valence-electron chi connectivity index (χ4n) is 3.99. The van der Waals surface area contributed by atoms with Gasteiger partial charge in [0, 0.05) is 43.0 Å². The first-order valence-electron chi connectivity index (χ1n) is 8.74. The maximum absolute atomic E-state index is 12.5. The van der Waals surface area contributed by atoms with Crippen LogP contribution in [-0.2, 0) is 11.2 Å². The lowest BCUT2D eigenvalue weighted by molar-refractivity contribution is -0.140. The first-order chi connectivity index (χ1) is 12.2. The van der Waals surface area contributed by atoms with Gasteiger partial charge in [0.2, 0.25) is 11.7 Å². The number of fused-ring (bicyclic) bond motifs is 1. The van der Waals surface area contributed by atoms with Crippen LogP contribution >= 0.6 is 11.3 Å². The molecule has 0 unspecified atom stereocenters. The second-order valence-electron chi connectivity index (χ2n) is 6.70. The van der Waals surface area contributed by atoms with Gasteiger partial charge < -0.3 is 14.3 Å². The fraction of sp³-hybridized carbons (Fsp3) is 0.500. The SMILES string of the molecule is O=C(c1ccno1)N1CC[C@@H]2[C@@H](CCC(=O)N2CCc2cccs2)C1. The third kappa shape index (κ3) is 3.33. The van der Waals surface area contributed by atoms with Crippen LogP contribution in [0.2, 0.25) is 0 Å². The van der Waals surface area contributed by atoms with E-state index in [1.807, 2.05) is 4.90 Å². The summed E-state index contributed by atoms with van der Waals surface area (Å²) in [5, 5.41) is 5.69. The molecule has 0 N–H and O–H groups in total. The Bertz CT molecular complexity index is 729. The normalized spacial score (nSPS) is 23.6. The summed E-state index contributed by atoms with van der Waals surface area (Å²) in [7, 11) is 0. The average molecular weight is 359 g/mol. The highest BCUT2D eigenvalue weighted by atomic mass is 32.1. The van der Waals surface area contributed by atoms with E-state index in [4.69, 9.17) is 4.52 Å². The lowest BCUT2D eigenvalue weighted by Crippen LogP contribution is -2.57. The van der Waals surface area contributed by atoms with E-state index in [2.05, 4.69) is 27.6 Å². The number of nitrogens with zero attached hydrogens (tertiary/aromatic N) is 3. The molecule has 0 spiro atoms. The molecule has 0 bridgehead atoms. The van der Waals surface area contributed by atoms with Crippen LogP contribution in [0.3, 0.4) is 0 Å². The third-order valence-corrected chi connectivity index (χ3v) is 6.19. The number of aromatic nitrogens is 1. The number of rotatable bonds is 4. The van der Waals surface area contributed by atoms with E-state index in [0.717, 1.165) is 25.8 Å². The van der Waals surface area contributed by atoms with Crippen LogP contribution in [0, 0.1) is 5.92 Å². The Labute approximate surface area is 150 Å². The Kier molecular flexibility index (Phi) is 4.57. The van der Waals surface area contributed by atoms with Crippen LogP contribution < -0.4 is 0 Å². The molecule has 6 nitrogen and oxygen atoms in total. The second-order valence-corrected chi connectivity index (χ2v) is 7.73. The van der Waals surface area contributed by atoms with Gasteiger partial charge >= 0.3 is 0 Å². The van der Waals surface area contributed by atoms with Gasteiger partial charge in [-0.2, -0.15) is 0 Å². The van der Waals surface area contributed by atoms with Crippen LogP contribution in [0.15, 0.2) is 34.3 Å². The maximum atomic E-state index is 12.5. The van der Waals surface area contributed by atoms with E-state index in [9.17, 15) is 9.59 Å². The molecule has 2 fully saturated rings. The van der Waals surface area contributed by atoms with Crippen molar-refractivity contribution in [2.24, 2.45) is 5.92 Å². The number of carbonyl (C=O) groups excluding carboxylic acids is 2. The van der Waals surface area contributed by atoms with Gasteiger partial charge in [-0.1, -0.05) is 11.2 Å². The van der Waals surface area contributed by atoms with E-state index in [1.165, 1.54) is 11.1 Å². The van der Waals surface area contributed by atoms with Gasteiger partial charge in [0.25, 0.3) is 5.91 Å². The summed E-state index contributed by atoms with van der Waals surface area (Å²) in [6, 6.07) is 6.02. The minimum atomic E-state index is -0.0991. The largest absolute Gasteiger partial charge is 0.351 e. The molecule has 4 heterocycles. The topological polar surface area (TPSA) is 66.7 Å². The highest BCUT2D eigenvalue weighted by Crippen LogP contribution is 2.32. The van der Waals surface area contributed by atoms with Crippen molar-refractivity contribution in [1.82, 2.24) is 15.0 Å². The minimum Gasteiger partial charge on any atom is -0.351 e. The van der Waals surface area contributed by atoms with Crippen molar-refractivity contribution in [2.45, 2.75) is 31.7 Å². The van der Waals surface area contributed by atoms with E-state index in [0.29, 0.717) is 31.2 Å². The molecular formula is C18H21N3O3S. The van der Waals surface area contributed by atoms with E-state index < -0.39 is 0 Å². The van der Waals surface area contributed by atoms with Crippen LogP contribution in [0.5, 0.6) is 0 Å². The molecular weight excluding hydrogens is 338 g/mol. The van der Waals surface area contributed by atoms with Gasteiger partial charge in [0.05, 0.1) is 6.20 Å². The van der Waals surface area contributed by atoms with E-state index in [1.54, 1.807) is 17.4 Å². The zero-order valence-corrected chi connectivity index (χ0v) is 14.8. The van der Waals surface area contributed by atoms with Crippen molar-refractivity contribution in [3.05, 3.63) is 40.4 Å². The van der Waals surface area contributed by atoms with Crippen LogP contribution in [-0.4, -0.2) is 52.4 Å². The molecule has 0 aromatic carbocycles. The molecule has 4 rings (SSSR count). The molecule has 0 radical (unpaired) electrons. The Morgan fingerprint density at radius 2 is 2.28 bits per heavy atom. The van der Waals surface area contributed by atoms with Gasteiger partial charge in [-0.3, -0.25) is 9.59 Å². The highest BCUT2D eigenvalue weighted by Gasteiger charge is 2.40. The molecule has 2 aromatic heterocycles. The predicted octanol–water partition coefficient (Wildman–Crippen LogP) is 2.43. The summed E-state index contributed by atoms with van der Waals surface area (Å²) in [6.45, 7) is 2.12. The molecule has 2 aliphatic heterocycles. The third-order valence-electron chi connectivity index (χ3n) is 5.26. The van der Waals surface area contributed by atoms with Crippen LogP contribution in [0.4, 0.5) is 0 Å². The number of piperidine rings is 2. The smallest absolute Gasteiger partial charge is 0.292 e. The van der Waals surface area contributed by atoms with Gasteiger partial charge in [0.1, 0.15) is 0 Å². The number of hydrogen-bond acceptors (Lipinski definition) is 5. The molecule has 7 heteroatoms. The molecule has 2 saturated heterocycles. The molecule has 2 amide bonds. The molecule has 2 aromatic rings.